The summed E-state index contributed by atoms with van der Waals surface area (Å²) in [5, 5.41) is 13.0. The highest BCUT2D eigenvalue weighted by atomic mass is 32.1. The van der Waals surface area contributed by atoms with Crippen LogP contribution in [0.1, 0.15) is 5.69 Å². The Balaban J connectivity index is 3.15. The summed E-state index contributed by atoms with van der Waals surface area (Å²) in [6, 6.07) is 4.99. The third kappa shape index (κ3) is 1.23. The van der Waals surface area contributed by atoms with Gasteiger partial charge in [-0.3, -0.25) is 0 Å². The zero-order valence-corrected chi connectivity index (χ0v) is 5.39. The van der Waals surface area contributed by atoms with E-state index in [0.717, 1.165) is 0 Å². The Kier molecular flexibility index (Phi) is 1.75. The maximum absolute atomic E-state index is 10.6. The Morgan fingerprint density at radius 3 is 2.78 bits per heavy atom. The Morgan fingerprint density at radius 2 is 2.33 bits per heavy atom. The fraction of sp³-hybridized carbons (Fsp3) is 0. The van der Waals surface area contributed by atoms with Crippen molar-refractivity contribution in [2.75, 3.05) is 0 Å². The van der Waals surface area contributed by atoms with E-state index in [0.29, 0.717) is 10.4 Å². The maximum atomic E-state index is 10.6. The number of nitrogens with zero attached hydrogens (tertiary/aromatic N) is 1. The van der Waals surface area contributed by atoms with E-state index >= 15 is 0 Å². The minimum absolute atomic E-state index is 0.382. The molecule has 45 valence electrons. The largest absolute Gasteiger partial charge is 0.618 e. The summed E-state index contributed by atoms with van der Waals surface area (Å²) in [6.45, 7) is 0. The molecule has 1 rings (SSSR count). The Bertz CT molecular complexity index is 224. The maximum Gasteiger partial charge on any atom is 0.236 e. The van der Waals surface area contributed by atoms with Gasteiger partial charge in [0.25, 0.3) is 0 Å². The van der Waals surface area contributed by atoms with Crippen molar-refractivity contribution in [3.05, 3.63) is 35.3 Å². The van der Waals surface area contributed by atoms with Crippen molar-refractivity contribution in [1.29, 1.82) is 0 Å². The first kappa shape index (κ1) is 6.16. The lowest BCUT2D eigenvalue weighted by molar-refractivity contribution is -0.606. The zero-order chi connectivity index (χ0) is 6.69. The number of hydrogen-bond donors (Lipinski definition) is 0. The molecule has 1 aromatic heterocycles. The molecule has 0 aliphatic rings. The zero-order valence-electron chi connectivity index (χ0n) is 4.57. The molecule has 1 aromatic rings. The summed E-state index contributed by atoms with van der Waals surface area (Å²) >= 11 is 4.44. The van der Waals surface area contributed by atoms with Gasteiger partial charge >= 0.3 is 0 Å². The van der Waals surface area contributed by atoms with Crippen molar-refractivity contribution in [2.45, 2.75) is 0 Å². The van der Waals surface area contributed by atoms with Crippen LogP contribution < -0.4 is 4.73 Å². The molecule has 0 aromatic carbocycles. The van der Waals surface area contributed by atoms with Crippen LogP contribution in [0.4, 0.5) is 0 Å². The summed E-state index contributed by atoms with van der Waals surface area (Å²) in [6.07, 6.45) is 1.38. The van der Waals surface area contributed by atoms with Crippen LogP contribution in [0.5, 0.6) is 0 Å². The molecule has 0 saturated heterocycles. The van der Waals surface area contributed by atoms with E-state index in [-0.39, 0.29) is 0 Å². The first-order chi connectivity index (χ1) is 4.34. The Labute approximate surface area is 58.3 Å². The molecule has 0 fully saturated rings. The van der Waals surface area contributed by atoms with Crippen molar-refractivity contribution in [3.63, 3.8) is 0 Å². The van der Waals surface area contributed by atoms with E-state index in [4.69, 9.17) is 0 Å². The molecular formula is C6H4NOS. The lowest BCUT2D eigenvalue weighted by Crippen LogP contribution is -2.30. The average Bonchev–Trinajstić information content (AvgIpc) is 1.89. The summed E-state index contributed by atoms with van der Waals surface area (Å²) in [5.41, 5.74) is 0.382. The van der Waals surface area contributed by atoms with E-state index in [2.05, 4.69) is 17.6 Å². The second-order valence-corrected chi connectivity index (χ2v) is 1.72. The number of thiocarbonyl (C=S) groups is 1. The first-order valence-corrected chi connectivity index (χ1v) is 2.82. The third-order valence-corrected chi connectivity index (χ3v) is 1.14. The fourth-order valence-corrected chi connectivity index (χ4v) is 0.665. The van der Waals surface area contributed by atoms with Crippen LogP contribution in [0.15, 0.2) is 24.4 Å². The predicted octanol–water partition coefficient (Wildman–Crippen LogP) is 0.545. The molecule has 9 heavy (non-hydrogen) atoms. The van der Waals surface area contributed by atoms with Gasteiger partial charge in [0, 0.05) is 12.1 Å². The molecule has 1 heterocycles. The van der Waals surface area contributed by atoms with Gasteiger partial charge in [0.1, 0.15) is 5.37 Å². The second-order valence-electron chi connectivity index (χ2n) is 1.51. The van der Waals surface area contributed by atoms with Crippen LogP contribution >= 0.6 is 12.2 Å². The standard InChI is InChI=1S/C6H4NOS/c8-7-4-2-1-3-6(7)5-9/h1-4H. The molecule has 3 heteroatoms. The summed E-state index contributed by atoms with van der Waals surface area (Å²) < 4.78 is 0.674. The number of aromatic nitrogens is 1. The lowest BCUT2D eigenvalue weighted by atomic mass is 10.4. The second kappa shape index (κ2) is 2.55. The van der Waals surface area contributed by atoms with Crippen molar-refractivity contribution in [3.8, 4) is 0 Å². The highest BCUT2D eigenvalue weighted by Crippen LogP contribution is 1.84. The van der Waals surface area contributed by atoms with Crippen LogP contribution in [0.25, 0.3) is 0 Å². The van der Waals surface area contributed by atoms with Crippen molar-refractivity contribution < 1.29 is 4.73 Å². The molecular weight excluding hydrogens is 134 g/mol. The van der Waals surface area contributed by atoms with Crippen LogP contribution in [0, 0.1) is 5.21 Å². The Morgan fingerprint density at radius 1 is 1.56 bits per heavy atom. The van der Waals surface area contributed by atoms with Crippen molar-refractivity contribution in [2.24, 2.45) is 0 Å². The molecule has 0 unspecified atom stereocenters. The molecule has 1 radical (unpaired) electrons. The van der Waals surface area contributed by atoms with Gasteiger partial charge in [-0.1, -0.05) is 12.2 Å². The summed E-state index contributed by atoms with van der Waals surface area (Å²) in [4.78, 5) is 0. The topological polar surface area (TPSA) is 26.9 Å². The molecule has 0 saturated carbocycles. The normalized spacial score (nSPS) is 8.89. The highest BCUT2D eigenvalue weighted by molar-refractivity contribution is 7.79. The van der Waals surface area contributed by atoms with Crippen molar-refractivity contribution >= 4 is 17.6 Å². The van der Waals surface area contributed by atoms with Crippen LogP contribution in [0.3, 0.4) is 0 Å². The van der Waals surface area contributed by atoms with Gasteiger partial charge in [-0.25, -0.2) is 0 Å². The van der Waals surface area contributed by atoms with Gasteiger partial charge in [0.15, 0.2) is 6.20 Å². The Hall–Kier alpha value is -0.960. The van der Waals surface area contributed by atoms with Crippen LogP contribution in [-0.2, 0) is 0 Å². The number of hydrogen-bond acceptors (Lipinski definition) is 2. The summed E-state index contributed by atoms with van der Waals surface area (Å²) in [5.74, 6) is 0. The average molecular weight is 138 g/mol. The van der Waals surface area contributed by atoms with E-state index in [9.17, 15) is 5.21 Å². The molecule has 0 amide bonds. The van der Waals surface area contributed by atoms with Gasteiger partial charge in [-0.05, 0) is 6.07 Å². The smallest absolute Gasteiger partial charge is 0.236 e. The molecule has 0 atom stereocenters. The number of pyridine rings is 1. The molecule has 2 nitrogen and oxygen atoms in total. The van der Waals surface area contributed by atoms with E-state index in [1.807, 2.05) is 0 Å². The van der Waals surface area contributed by atoms with Gasteiger partial charge in [0.2, 0.25) is 5.69 Å². The van der Waals surface area contributed by atoms with Gasteiger partial charge in [0.05, 0.1) is 0 Å². The molecule has 0 aliphatic heterocycles. The SMILES string of the molecule is [O-][n+]1ccccc1[C]=S. The minimum Gasteiger partial charge on any atom is -0.618 e. The van der Waals surface area contributed by atoms with E-state index in [1.54, 1.807) is 18.2 Å². The molecule has 0 N–H and O–H groups in total. The highest BCUT2D eigenvalue weighted by Gasteiger charge is 1.95. The minimum atomic E-state index is 0.382. The van der Waals surface area contributed by atoms with Crippen molar-refractivity contribution in [1.82, 2.24) is 0 Å². The predicted molar refractivity (Wildman–Crippen MR) is 37.1 cm³/mol. The quantitative estimate of drug-likeness (QED) is 0.322. The lowest BCUT2D eigenvalue weighted by Gasteiger charge is -1.94. The molecule has 0 aliphatic carbocycles. The first-order valence-electron chi connectivity index (χ1n) is 2.41. The molecule has 0 bridgehead atoms. The van der Waals surface area contributed by atoms with Crippen LogP contribution in [-0.4, -0.2) is 5.37 Å². The summed E-state index contributed by atoms with van der Waals surface area (Å²) in [7, 11) is 0. The van der Waals surface area contributed by atoms with Gasteiger partial charge in [-0.2, -0.15) is 4.73 Å². The number of rotatable bonds is 1. The van der Waals surface area contributed by atoms with Gasteiger partial charge < -0.3 is 5.21 Å². The van der Waals surface area contributed by atoms with Gasteiger partial charge in [-0.15, -0.1) is 0 Å². The van der Waals surface area contributed by atoms with E-state index in [1.165, 1.54) is 6.20 Å². The molecule has 0 spiro atoms. The van der Waals surface area contributed by atoms with E-state index < -0.39 is 0 Å². The fourth-order valence-electron chi connectivity index (χ4n) is 0.507. The van der Waals surface area contributed by atoms with Crippen LogP contribution in [0.2, 0.25) is 0 Å². The third-order valence-electron chi connectivity index (χ3n) is 0.929. The monoisotopic (exact) mass is 138 g/mol.